The van der Waals surface area contributed by atoms with Crippen LogP contribution in [0.5, 0.6) is 0 Å². The van der Waals surface area contributed by atoms with Crippen LogP contribution < -0.4 is 11.1 Å². The van der Waals surface area contributed by atoms with E-state index in [0.29, 0.717) is 24.2 Å². The monoisotopic (exact) mass is 354 g/mol. The molecule has 0 atom stereocenters. The Hall–Kier alpha value is -2.94. The molecular weight excluding hydrogens is 336 g/mol. The highest BCUT2D eigenvalue weighted by molar-refractivity contribution is 7.19. The molecule has 9 heteroatoms. The molecule has 4 heterocycles. The van der Waals surface area contributed by atoms with Crippen LogP contribution in [0.4, 0.5) is 11.6 Å². The predicted octanol–water partition coefficient (Wildman–Crippen LogP) is 3.05. The summed E-state index contributed by atoms with van der Waals surface area (Å²) in [5.74, 6) is 0.953. The number of fused-ring (bicyclic) bond motifs is 1. The molecule has 4 N–H and O–H groups in total. The van der Waals surface area contributed by atoms with Gasteiger partial charge in [0, 0.05) is 22.7 Å². The number of anilines is 2. The highest BCUT2D eigenvalue weighted by atomic mass is 32.1. The SMILES string of the molecule is CC(C)n1cc(-c2cnc(N)c(NCc3cc4[nH]ncc4s3)n2)cn1. The van der Waals surface area contributed by atoms with Gasteiger partial charge in [-0.05, 0) is 19.9 Å². The van der Waals surface area contributed by atoms with E-state index >= 15 is 0 Å². The van der Waals surface area contributed by atoms with E-state index in [4.69, 9.17) is 5.73 Å². The maximum atomic E-state index is 5.97. The minimum Gasteiger partial charge on any atom is -0.381 e. The number of H-pyrrole nitrogens is 1. The number of hydrogen-bond acceptors (Lipinski definition) is 7. The molecule has 0 unspecified atom stereocenters. The van der Waals surface area contributed by atoms with Crippen LogP contribution in [0.3, 0.4) is 0 Å². The summed E-state index contributed by atoms with van der Waals surface area (Å²) < 4.78 is 3.02. The molecule has 8 nitrogen and oxygen atoms in total. The minimum atomic E-state index is 0.297. The first-order valence-corrected chi connectivity index (χ1v) is 8.74. The molecular formula is C16H18N8S. The zero-order chi connectivity index (χ0) is 17.4. The van der Waals surface area contributed by atoms with Crippen LogP contribution in [0.2, 0.25) is 0 Å². The summed E-state index contributed by atoms with van der Waals surface area (Å²) in [4.78, 5) is 10.0. The maximum Gasteiger partial charge on any atom is 0.169 e. The molecule has 0 aromatic carbocycles. The van der Waals surface area contributed by atoms with Crippen LogP contribution in [-0.2, 0) is 6.54 Å². The van der Waals surface area contributed by atoms with Gasteiger partial charge >= 0.3 is 0 Å². The lowest BCUT2D eigenvalue weighted by Crippen LogP contribution is -2.06. The van der Waals surface area contributed by atoms with Gasteiger partial charge in [0.15, 0.2) is 11.6 Å². The largest absolute Gasteiger partial charge is 0.381 e. The fourth-order valence-corrected chi connectivity index (χ4v) is 3.40. The summed E-state index contributed by atoms with van der Waals surface area (Å²) in [6, 6.07) is 2.37. The lowest BCUT2D eigenvalue weighted by molar-refractivity contribution is 0.532. The quantitative estimate of drug-likeness (QED) is 0.508. The fraction of sp³-hybridized carbons (Fsp3) is 0.250. The number of nitrogens with zero attached hydrogens (tertiary/aromatic N) is 5. The van der Waals surface area contributed by atoms with Crippen molar-refractivity contribution in [1.82, 2.24) is 29.9 Å². The van der Waals surface area contributed by atoms with Crippen LogP contribution in [0.1, 0.15) is 24.8 Å². The van der Waals surface area contributed by atoms with Crippen molar-refractivity contribution >= 4 is 33.2 Å². The Kier molecular flexibility index (Phi) is 3.85. The zero-order valence-corrected chi connectivity index (χ0v) is 14.7. The summed E-state index contributed by atoms with van der Waals surface area (Å²) in [7, 11) is 0. The van der Waals surface area contributed by atoms with Gasteiger partial charge in [0.2, 0.25) is 0 Å². The Morgan fingerprint density at radius 2 is 2.20 bits per heavy atom. The molecule has 0 amide bonds. The molecule has 0 aliphatic carbocycles. The topological polar surface area (TPSA) is 110 Å². The van der Waals surface area contributed by atoms with E-state index in [1.807, 2.05) is 17.1 Å². The third-order valence-corrected chi connectivity index (χ3v) is 4.91. The average Bonchev–Trinajstić information content (AvgIpc) is 3.29. The van der Waals surface area contributed by atoms with E-state index in [1.54, 1.807) is 23.7 Å². The molecule has 4 rings (SSSR count). The second-order valence-electron chi connectivity index (χ2n) is 6.01. The molecule has 128 valence electrons. The summed E-state index contributed by atoms with van der Waals surface area (Å²) in [5, 5.41) is 14.6. The van der Waals surface area contributed by atoms with Crippen molar-refractivity contribution in [2.75, 3.05) is 11.1 Å². The smallest absolute Gasteiger partial charge is 0.169 e. The van der Waals surface area contributed by atoms with Gasteiger partial charge in [-0.2, -0.15) is 10.2 Å². The number of thiophene rings is 1. The molecule has 0 bridgehead atoms. The Balaban J connectivity index is 1.55. The summed E-state index contributed by atoms with van der Waals surface area (Å²) in [5.41, 5.74) is 8.67. The molecule has 4 aromatic heterocycles. The van der Waals surface area contributed by atoms with Gasteiger partial charge in [-0.1, -0.05) is 0 Å². The third-order valence-electron chi connectivity index (χ3n) is 3.84. The number of nitrogens with two attached hydrogens (primary N) is 1. The van der Waals surface area contributed by atoms with Crippen molar-refractivity contribution in [1.29, 1.82) is 0 Å². The molecule has 0 aliphatic heterocycles. The third kappa shape index (κ3) is 3.05. The number of nitrogen functional groups attached to an aromatic ring is 1. The van der Waals surface area contributed by atoms with Crippen LogP contribution >= 0.6 is 11.3 Å². The van der Waals surface area contributed by atoms with Crippen molar-refractivity contribution in [2.45, 2.75) is 26.4 Å². The highest BCUT2D eigenvalue weighted by Gasteiger charge is 2.10. The molecule has 25 heavy (non-hydrogen) atoms. The number of nitrogens with one attached hydrogen (secondary N) is 2. The van der Waals surface area contributed by atoms with Gasteiger partial charge in [0.1, 0.15) is 0 Å². The van der Waals surface area contributed by atoms with Crippen molar-refractivity contribution in [2.24, 2.45) is 0 Å². The van der Waals surface area contributed by atoms with Gasteiger partial charge < -0.3 is 11.1 Å². The first-order valence-electron chi connectivity index (χ1n) is 7.93. The van der Waals surface area contributed by atoms with Crippen LogP contribution in [-0.4, -0.2) is 29.9 Å². The Bertz CT molecular complexity index is 984. The zero-order valence-electron chi connectivity index (χ0n) is 13.9. The fourth-order valence-electron chi connectivity index (χ4n) is 2.48. The van der Waals surface area contributed by atoms with E-state index in [9.17, 15) is 0 Å². The summed E-state index contributed by atoms with van der Waals surface area (Å²) in [6.45, 7) is 4.79. The van der Waals surface area contributed by atoms with Crippen LogP contribution in [0.15, 0.2) is 30.9 Å². The normalized spacial score (nSPS) is 11.5. The molecule has 4 aromatic rings. The predicted molar refractivity (Wildman–Crippen MR) is 99.3 cm³/mol. The number of rotatable bonds is 5. The molecule has 0 radical (unpaired) electrons. The van der Waals surface area contributed by atoms with Gasteiger partial charge in [-0.25, -0.2) is 9.97 Å². The summed E-state index contributed by atoms with van der Waals surface area (Å²) >= 11 is 1.68. The first-order chi connectivity index (χ1) is 12.1. The standard InChI is InChI=1S/C16H18N8S/c1-9(2)24-8-10(4-21-24)13-6-18-15(17)16(22-13)19-5-11-3-12-14(25-11)7-20-23-12/h3-4,6-9H,5H2,1-2H3,(H2,17,18)(H,19,22)(H,20,23). The molecule has 0 fully saturated rings. The maximum absolute atomic E-state index is 5.97. The molecule has 0 saturated heterocycles. The van der Waals surface area contributed by atoms with Crippen molar-refractivity contribution < 1.29 is 0 Å². The van der Waals surface area contributed by atoms with Crippen molar-refractivity contribution in [3.8, 4) is 11.3 Å². The average molecular weight is 354 g/mol. The lowest BCUT2D eigenvalue weighted by Gasteiger charge is -2.08. The number of hydrogen-bond donors (Lipinski definition) is 3. The highest BCUT2D eigenvalue weighted by Crippen LogP contribution is 2.26. The van der Waals surface area contributed by atoms with Crippen molar-refractivity contribution in [3.63, 3.8) is 0 Å². The van der Waals surface area contributed by atoms with Crippen molar-refractivity contribution in [3.05, 3.63) is 35.7 Å². The second-order valence-corrected chi connectivity index (χ2v) is 7.17. The molecule has 0 spiro atoms. The summed E-state index contributed by atoms with van der Waals surface area (Å²) in [6.07, 6.45) is 7.25. The van der Waals surface area contributed by atoms with E-state index in [0.717, 1.165) is 21.5 Å². The van der Waals surface area contributed by atoms with Gasteiger partial charge in [-0.15, -0.1) is 11.3 Å². The van der Waals surface area contributed by atoms with Crippen LogP contribution in [0, 0.1) is 0 Å². The second kappa shape index (κ2) is 6.17. The molecule has 0 saturated carbocycles. The van der Waals surface area contributed by atoms with Crippen LogP contribution in [0.25, 0.3) is 21.5 Å². The minimum absolute atomic E-state index is 0.297. The number of aromatic amines is 1. The lowest BCUT2D eigenvalue weighted by atomic mass is 10.2. The Labute approximate surface area is 148 Å². The Morgan fingerprint density at radius 1 is 1.32 bits per heavy atom. The van der Waals surface area contributed by atoms with E-state index in [1.165, 1.54) is 4.88 Å². The van der Waals surface area contributed by atoms with Gasteiger partial charge in [0.05, 0.1) is 41.0 Å². The van der Waals surface area contributed by atoms with E-state index in [-0.39, 0.29) is 0 Å². The van der Waals surface area contributed by atoms with E-state index in [2.05, 4.69) is 50.5 Å². The first kappa shape index (κ1) is 15.6. The van der Waals surface area contributed by atoms with E-state index < -0.39 is 0 Å². The number of aromatic nitrogens is 6. The molecule has 0 aliphatic rings. The Morgan fingerprint density at radius 3 is 2.96 bits per heavy atom. The van der Waals surface area contributed by atoms with Gasteiger partial charge in [-0.3, -0.25) is 9.78 Å². The van der Waals surface area contributed by atoms with Gasteiger partial charge in [0.25, 0.3) is 0 Å².